The number of unbranched alkanes of at least 4 members (excludes halogenated alkanes) is 6. The first kappa shape index (κ1) is 27.5. The normalized spacial score (nSPS) is 9.89. The molecule has 0 atom stereocenters. The molecule has 0 aliphatic heterocycles. The first-order valence-corrected chi connectivity index (χ1v) is 9.77. The summed E-state index contributed by atoms with van der Waals surface area (Å²) in [6.07, 6.45) is 9.05. The van der Waals surface area contributed by atoms with Gasteiger partial charge in [-0.3, -0.25) is 14.4 Å². The number of carboxylic acids is 1. The van der Waals surface area contributed by atoms with Crippen LogP contribution in [0.5, 0.6) is 0 Å². The summed E-state index contributed by atoms with van der Waals surface area (Å²) in [6.45, 7) is 4.81. The van der Waals surface area contributed by atoms with Gasteiger partial charge >= 0.3 is 0 Å². The topological polar surface area (TPSA) is 160 Å². The summed E-state index contributed by atoms with van der Waals surface area (Å²) in [5.74, 6) is -0.984. The van der Waals surface area contributed by atoms with Crippen LogP contribution in [0, 0.1) is 0 Å². The molecule has 0 aliphatic rings. The maximum absolute atomic E-state index is 10.9. The Hall–Kier alpha value is -1.71. The lowest BCUT2D eigenvalue weighted by molar-refractivity contribution is -0.134. The van der Waals surface area contributed by atoms with Gasteiger partial charge in [0.2, 0.25) is 11.8 Å². The molecule has 0 saturated heterocycles. The molecule has 160 valence electrons. The Kier molecular flexibility index (Phi) is 22.8. The summed E-state index contributed by atoms with van der Waals surface area (Å²) in [5.41, 5.74) is 10.4. The second-order valence-electron chi connectivity index (χ2n) is 6.21. The highest BCUT2D eigenvalue weighted by Crippen LogP contribution is 1.99. The number of amides is 2. The molecule has 0 bridgehead atoms. The summed E-state index contributed by atoms with van der Waals surface area (Å²) in [4.78, 5) is 30.8. The summed E-state index contributed by atoms with van der Waals surface area (Å²) in [6, 6.07) is 0. The van der Waals surface area contributed by atoms with Crippen molar-refractivity contribution in [3.05, 3.63) is 0 Å². The van der Waals surface area contributed by atoms with Gasteiger partial charge in [0.1, 0.15) is 0 Å². The van der Waals surface area contributed by atoms with Gasteiger partial charge in [0, 0.05) is 20.0 Å². The molecule has 0 heterocycles. The third kappa shape index (κ3) is 29.3. The lowest BCUT2D eigenvalue weighted by atomic mass is 10.1. The molecule has 0 radical (unpaired) electrons. The molecule has 9 heteroatoms. The predicted molar refractivity (Wildman–Crippen MR) is 107 cm³/mol. The molecular weight excluding hydrogens is 350 g/mol. The summed E-state index contributed by atoms with van der Waals surface area (Å²) in [5, 5.41) is 16.4. The van der Waals surface area contributed by atoms with Crippen LogP contribution < -0.4 is 27.4 Å². The Balaban J connectivity index is 0. The lowest BCUT2D eigenvalue weighted by Crippen LogP contribution is -2.30. The molecule has 0 saturated carbocycles. The Bertz CT molecular complexity index is 349. The summed E-state index contributed by atoms with van der Waals surface area (Å²) in [7, 11) is 0. The minimum atomic E-state index is -0.833. The average molecular weight is 390 g/mol. The maximum atomic E-state index is 10.9. The highest BCUT2D eigenvalue weighted by molar-refractivity contribution is 5.77. The molecule has 0 rings (SSSR count). The molecule has 0 unspecified atom stereocenters. The van der Waals surface area contributed by atoms with E-state index in [1.165, 1.54) is 25.7 Å². The average Bonchev–Trinajstić information content (AvgIpc) is 2.63. The van der Waals surface area contributed by atoms with Crippen molar-refractivity contribution in [2.45, 2.75) is 58.3 Å². The van der Waals surface area contributed by atoms with Crippen LogP contribution in [-0.2, 0) is 14.4 Å². The molecule has 9 nitrogen and oxygen atoms in total. The van der Waals surface area contributed by atoms with Crippen molar-refractivity contribution >= 4 is 17.8 Å². The quantitative estimate of drug-likeness (QED) is 0.202. The smallest absolute Gasteiger partial charge is 0.300 e. The maximum Gasteiger partial charge on any atom is 0.300 e. The van der Waals surface area contributed by atoms with Gasteiger partial charge in [-0.05, 0) is 38.8 Å². The van der Waals surface area contributed by atoms with E-state index in [1.807, 2.05) is 0 Å². The number of rotatable bonds is 16. The van der Waals surface area contributed by atoms with Crippen molar-refractivity contribution in [2.75, 3.05) is 39.3 Å². The zero-order valence-electron chi connectivity index (χ0n) is 16.7. The molecule has 27 heavy (non-hydrogen) atoms. The minimum Gasteiger partial charge on any atom is -0.481 e. The zero-order chi connectivity index (χ0) is 20.8. The van der Waals surface area contributed by atoms with Crippen LogP contribution in [0.2, 0.25) is 0 Å². The fraction of sp³-hybridized carbons (Fsp3) is 0.833. The van der Waals surface area contributed by atoms with E-state index in [-0.39, 0.29) is 24.9 Å². The molecule has 0 aromatic heterocycles. The Morgan fingerprint density at radius 1 is 0.667 bits per heavy atom. The number of aliphatic carboxylic acids is 1. The van der Waals surface area contributed by atoms with Crippen LogP contribution in [0.1, 0.15) is 58.3 Å². The van der Waals surface area contributed by atoms with Crippen molar-refractivity contribution in [2.24, 2.45) is 11.5 Å². The second kappa shape index (κ2) is 22.3. The standard InChI is InChI=1S/C16H35N5O2.C2H4O2/c17-13-15(22)20-11-7-3-1-5-9-19-10-6-2-4-8-12-21-16(23)14-18;1-2(3)4/h19H,1-14,17-18H2,(H,20,22)(H,21,23);1H3,(H,3,4). The van der Waals surface area contributed by atoms with Crippen molar-refractivity contribution < 1.29 is 19.5 Å². The minimum absolute atomic E-state index is 0.0755. The Morgan fingerprint density at radius 3 is 1.26 bits per heavy atom. The van der Waals surface area contributed by atoms with E-state index in [9.17, 15) is 9.59 Å². The Labute approximate surface area is 163 Å². The molecule has 8 N–H and O–H groups in total. The number of carboxylic acid groups (broad SMARTS) is 1. The third-order valence-corrected chi connectivity index (χ3v) is 3.58. The number of nitrogens with one attached hydrogen (secondary N) is 3. The van der Waals surface area contributed by atoms with E-state index in [2.05, 4.69) is 16.0 Å². The number of hydrogen-bond donors (Lipinski definition) is 6. The van der Waals surface area contributed by atoms with Crippen molar-refractivity contribution in [3.8, 4) is 0 Å². The van der Waals surface area contributed by atoms with Crippen LogP contribution in [0.15, 0.2) is 0 Å². The number of hydrogen-bond acceptors (Lipinski definition) is 6. The lowest BCUT2D eigenvalue weighted by Gasteiger charge is -2.06. The van der Waals surface area contributed by atoms with Crippen LogP contribution in [-0.4, -0.2) is 62.2 Å². The number of carbonyl (C=O) groups excluding carboxylic acids is 2. The predicted octanol–water partition coefficient (Wildman–Crippen LogP) is -0.0625. The SMILES string of the molecule is CC(=O)O.NCC(=O)NCCCCCCNCCCCCCNC(=O)CN. The van der Waals surface area contributed by atoms with Gasteiger partial charge in [-0.1, -0.05) is 25.7 Å². The first-order valence-electron chi connectivity index (χ1n) is 9.77. The summed E-state index contributed by atoms with van der Waals surface area (Å²) >= 11 is 0. The van der Waals surface area contributed by atoms with Gasteiger partial charge in [-0.15, -0.1) is 0 Å². The fourth-order valence-corrected chi connectivity index (χ4v) is 2.18. The number of carbonyl (C=O) groups is 3. The van der Waals surface area contributed by atoms with E-state index < -0.39 is 5.97 Å². The highest BCUT2D eigenvalue weighted by Gasteiger charge is 1.97. The third-order valence-electron chi connectivity index (χ3n) is 3.58. The van der Waals surface area contributed by atoms with E-state index in [0.29, 0.717) is 0 Å². The van der Waals surface area contributed by atoms with Gasteiger partial charge in [-0.2, -0.15) is 0 Å². The van der Waals surface area contributed by atoms with Crippen LogP contribution in [0.25, 0.3) is 0 Å². The van der Waals surface area contributed by atoms with Gasteiger partial charge < -0.3 is 32.5 Å². The zero-order valence-corrected chi connectivity index (χ0v) is 16.7. The van der Waals surface area contributed by atoms with Crippen LogP contribution >= 0.6 is 0 Å². The molecule has 0 aromatic carbocycles. The molecular formula is C18H39N5O4. The largest absolute Gasteiger partial charge is 0.481 e. The molecule has 0 spiro atoms. The molecule has 0 fully saturated rings. The van der Waals surface area contributed by atoms with E-state index in [0.717, 1.165) is 58.8 Å². The fourth-order valence-electron chi connectivity index (χ4n) is 2.18. The van der Waals surface area contributed by atoms with Crippen molar-refractivity contribution in [3.63, 3.8) is 0 Å². The van der Waals surface area contributed by atoms with E-state index >= 15 is 0 Å². The second-order valence-corrected chi connectivity index (χ2v) is 6.21. The Morgan fingerprint density at radius 2 is 0.963 bits per heavy atom. The van der Waals surface area contributed by atoms with E-state index in [4.69, 9.17) is 21.4 Å². The molecule has 2 amide bonds. The first-order chi connectivity index (χ1) is 12.9. The van der Waals surface area contributed by atoms with Gasteiger partial charge in [-0.25, -0.2) is 0 Å². The van der Waals surface area contributed by atoms with Gasteiger partial charge in [0.25, 0.3) is 5.97 Å². The molecule has 0 aromatic rings. The monoisotopic (exact) mass is 389 g/mol. The van der Waals surface area contributed by atoms with E-state index in [1.54, 1.807) is 0 Å². The van der Waals surface area contributed by atoms with Gasteiger partial charge in [0.05, 0.1) is 13.1 Å². The highest BCUT2D eigenvalue weighted by atomic mass is 16.4. The van der Waals surface area contributed by atoms with Crippen LogP contribution in [0.4, 0.5) is 0 Å². The van der Waals surface area contributed by atoms with Crippen LogP contribution in [0.3, 0.4) is 0 Å². The van der Waals surface area contributed by atoms with Crippen molar-refractivity contribution in [1.29, 1.82) is 0 Å². The summed E-state index contributed by atoms with van der Waals surface area (Å²) < 4.78 is 0. The van der Waals surface area contributed by atoms with Crippen molar-refractivity contribution in [1.82, 2.24) is 16.0 Å². The molecule has 0 aliphatic carbocycles. The number of nitrogens with two attached hydrogens (primary N) is 2. The van der Waals surface area contributed by atoms with Gasteiger partial charge in [0.15, 0.2) is 0 Å².